The molecule has 0 saturated heterocycles. The Labute approximate surface area is 124 Å². The molecule has 106 valence electrons. The van der Waals surface area contributed by atoms with Gasteiger partial charge in [-0.1, -0.05) is 30.3 Å². The van der Waals surface area contributed by atoms with Gasteiger partial charge in [0.15, 0.2) is 4.77 Å². The van der Waals surface area contributed by atoms with Crippen LogP contribution in [0, 0.1) is 4.77 Å². The van der Waals surface area contributed by atoms with Crippen LogP contribution in [0.25, 0.3) is 0 Å². The molecule has 3 rings (SSSR count). The predicted octanol–water partition coefficient (Wildman–Crippen LogP) is 2.92. The third-order valence-electron chi connectivity index (χ3n) is 3.69. The Morgan fingerprint density at radius 2 is 2.00 bits per heavy atom. The lowest BCUT2D eigenvalue weighted by Gasteiger charge is -2.16. The largest absolute Gasteiger partial charge is 0.307 e. The maximum atomic E-state index is 5.48. The molecule has 0 amide bonds. The van der Waals surface area contributed by atoms with Crippen molar-refractivity contribution in [2.75, 3.05) is 7.05 Å². The summed E-state index contributed by atoms with van der Waals surface area (Å²) < 4.78 is 4.81. The molecule has 2 aromatic rings. The van der Waals surface area contributed by atoms with Crippen LogP contribution >= 0.6 is 12.2 Å². The zero-order valence-corrected chi connectivity index (χ0v) is 12.8. The van der Waals surface area contributed by atoms with Gasteiger partial charge in [0.25, 0.3) is 0 Å². The summed E-state index contributed by atoms with van der Waals surface area (Å²) in [6, 6.07) is 10.5. The first-order chi connectivity index (χ1) is 9.65. The lowest BCUT2D eigenvalue weighted by Crippen LogP contribution is -2.22. The van der Waals surface area contributed by atoms with E-state index in [-0.39, 0.29) is 0 Å². The fraction of sp³-hybridized carbons (Fsp3) is 0.467. The number of nitrogens with zero attached hydrogens (tertiary/aromatic N) is 4. The smallest absolute Gasteiger partial charge is 0.198 e. The van der Waals surface area contributed by atoms with Crippen LogP contribution in [-0.2, 0) is 20.3 Å². The van der Waals surface area contributed by atoms with E-state index >= 15 is 0 Å². The van der Waals surface area contributed by atoms with E-state index in [1.807, 2.05) is 17.8 Å². The Hall–Kier alpha value is -1.46. The summed E-state index contributed by atoms with van der Waals surface area (Å²) in [5.74, 6) is 1.77. The van der Waals surface area contributed by atoms with E-state index < -0.39 is 0 Å². The first kappa shape index (κ1) is 13.5. The van der Waals surface area contributed by atoms with Crippen molar-refractivity contribution in [3.05, 3.63) is 46.5 Å². The number of benzene rings is 1. The van der Waals surface area contributed by atoms with Crippen molar-refractivity contribution in [2.45, 2.75) is 32.0 Å². The summed E-state index contributed by atoms with van der Waals surface area (Å²) >= 11 is 5.48. The second-order valence-electron chi connectivity index (χ2n) is 5.61. The normalized spacial score (nSPS) is 14.9. The number of hydrogen-bond acceptors (Lipinski definition) is 3. The van der Waals surface area contributed by atoms with Crippen LogP contribution in [0.1, 0.15) is 30.1 Å². The minimum Gasteiger partial charge on any atom is -0.307 e. The quantitative estimate of drug-likeness (QED) is 0.791. The summed E-state index contributed by atoms with van der Waals surface area (Å²) in [5.41, 5.74) is 1.31. The molecule has 0 aliphatic heterocycles. The fourth-order valence-corrected chi connectivity index (χ4v) is 2.66. The van der Waals surface area contributed by atoms with E-state index in [0.29, 0.717) is 5.92 Å². The van der Waals surface area contributed by atoms with Gasteiger partial charge in [-0.25, -0.2) is 4.68 Å². The Morgan fingerprint density at radius 3 is 2.65 bits per heavy atom. The molecular formula is C15H20N4S. The summed E-state index contributed by atoms with van der Waals surface area (Å²) in [7, 11) is 4.12. The van der Waals surface area contributed by atoms with Crippen molar-refractivity contribution in [1.82, 2.24) is 19.2 Å². The van der Waals surface area contributed by atoms with Gasteiger partial charge in [0.05, 0.1) is 6.67 Å². The van der Waals surface area contributed by atoms with Crippen LogP contribution in [-0.4, -0.2) is 26.3 Å². The number of hydrogen-bond donors (Lipinski definition) is 0. The Balaban J connectivity index is 1.71. The van der Waals surface area contributed by atoms with E-state index in [9.17, 15) is 0 Å². The summed E-state index contributed by atoms with van der Waals surface area (Å²) in [5, 5.41) is 4.69. The van der Waals surface area contributed by atoms with Crippen molar-refractivity contribution in [3.63, 3.8) is 0 Å². The van der Waals surface area contributed by atoms with Crippen molar-refractivity contribution >= 4 is 12.2 Å². The highest BCUT2D eigenvalue weighted by atomic mass is 32.1. The van der Waals surface area contributed by atoms with Crippen molar-refractivity contribution in [1.29, 1.82) is 0 Å². The first-order valence-electron chi connectivity index (χ1n) is 7.01. The first-order valence-corrected chi connectivity index (χ1v) is 7.42. The van der Waals surface area contributed by atoms with Crippen LogP contribution in [0.15, 0.2) is 30.3 Å². The molecule has 1 aromatic carbocycles. The second-order valence-corrected chi connectivity index (χ2v) is 5.98. The third-order valence-corrected chi connectivity index (χ3v) is 4.17. The molecule has 0 bridgehead atoms. The van der Waals surface area contributed by atoms with Gasteiger partial charge < -0.3 is 4.57 Å². The van der Waals surface area contributed by atoms with Crippen LogP contribution < -0.4 is 0 Å². The topological polar surface area (TPSA) is 26.0 Å². The molecule has 0 radical (unpaired) electrons. The highest BCUT2D eigenvalue weighted by Gasteiger charge is 2.29. The maximum Gasteiger partial charge on any atom is 0.198 e. The van der Waals surface area contributed by atoms with Gasteiger partial charge in [-0.15, -0.1) is 0 Å². The van der Waals surface area contributed by atoms with Gasteiger partial charge in [-0.3, -0.25) is 4.90 Å². The fourth-order valence-electron chi connectivity index (χ4n) is 2.47. The van der Waals surface area contributed by atoms with Crippen molar-refractivity contribution < 1.29 is 0 Å². The molecule has 1 aliphatic rings. The summed E-state index contributed by atoms with van der Waals surface area (Å²) in [4.78, 5) is 2.23. The Bertz CT molecular complexity index is 640. The number of aromatic nitrogens is 3. The monoisotopic (exact) mass is 288 g/mol. The van der Waals surface area contributed by atoms with Crippen molar-refractivity contribution in [3.8, 4) is 0 Å². The molecule has 1 aromatic heterocycles. The molecule has 1 fully saturated rings. The van der Waals surface area contributed by atoms with Gasteiger partial charge in [0, 0.05) is 19.5 Å². The maximum absolute atomic E-state index is 5.48. The molecule has 0 atom stereocenters. The van der Waals surface area contributed by atoms with Gasteiger partial charge >= 0.3 is 0 Å². The van der Waals surface area contributed by atoms with Crippen molar-refractivity contribution in [2.24, 2.45) is 7.05 Å². The molecule has 5 heteroatoms. The average Bonchev–Trinajstić information content (AvgIpc) is 3.23. The lowest BCUT2D eigenvalue weighted by atomic mass is 10.2. The summed E-state index contributed by atoms with van der Waals surface area (Å²) in [6.07, 6.45) is 2.50. The Morgan fingerprint density at radius 1 is 1.30 bits per heavy atom. The van der Waals surface area contributed by atoms with Crippen LogP contribution in [0.5, 0.6) is 0 Å². The zero-order valence-electron chi connectivity index (χ0n) is 12.0. The van der Waals surface area contributed by atoms with E-state index in [2.05, 4.69) is 45.9 Å². The molecule has 0 unspecified atom stereocenters. The minimum atomic E-state index is 0.627. The van der Waals surface area contributed by atoms with Crippen LogP contribution in [0.2, 0.25) is 0 Å². The molecule has 1 heterocycles. The van der Waals surface area contributed by atoms with E-state index in [4.69, 9.17) is 12.2 Å². The SMILES string of the molecule is CN(Cc1ccccc1)Cn1nc(C2CC2)n(C)c1=S. The Kier molecular flexibility index (Phi) is 3.72. The molecule has 0 spiro atoms. The molecule has 0 N–H and O–H groups in total. The van der Waals surface area contributed by atoms with Gasteiger partial charge in [-0.2, -0.15) is 5.10 Å². The number of rotatable bonds is 5. The van der Waals surface area contributed by atoms with Gasteiger partial charge in [-0.05, 0) is 37.7 Å². The van der Waals surface area contributed by atoms with Crippen LogP contribution in [0.4, 0.5) is 0 Å². The molecule has 1 saturated carbocycles. The van der Waals surface area contributed by atoms with Crippen LogP contribution in [0.3, 0.4) is 0 Å². The minimum absolute atomic E-state index is 0.627. The zero-order chi connectivity index (χ0) is 14.1. The highest BCUT2D eigenvalue weighted by molar-refractivity contribution is 7.71. The van der Waals surface area contributed by atoms with Gasteiger partial charge in [0.2, 0.25) is 0 Å². The molecule has 4 nitrogen and oxygen atoms in total. The van der Waals surface area contributed by atoms with E-state index in [1.54, 1.807) is 0 Å². The molecular weight excluding hydrogens is 268 g/mol. The molecule has 20 heavy (non-hydrogen) atoms. The second kappa shape index (κ2) is 5.50. The van der Waals surface area contributed by atoms with E-state index in [1.165, 1.54) is 18.4 Å². The summed E-state index contributed by atoms with van der Waals surface area (Å²) in [6.45, 7) is 1.63. The highest BCUT2D eigenvalue weighted by Crippen LogP contribution is 2.38. The van der Waals surface area contributed by atoms with Gasteiger partial charge in [0.1, 0.15) is 5.82 Å². The predicted molar refractivity (Wildman–Crippen MR) is 81.9 cm³/mol. The molecule has 1 aliphatic carbocycles. The lowest BCUT2D eigenvalue weighted by molar-refractivity contribution is 0.243. The average molecular weight is 288 g/mol. The standard InChI is InChI=1S/C15H20N4S/c1-17(10-12-6-4-3-5-7-12)11-19-15(20)18(2)14(16-19)13-8-9-13/h3-7,13H,8-11H2,1-2H3. The van der Waals surface area contributed by atoms with E-state index in [0.717, 1.165) is 23.8 Å². The third kappa shape index (κ3) is 2.83.